The Morgan fingerprint density at radius 1 is 1.50 bits per heavy atom. The Kier molecular flexibility index (Phi) is 5.92. The number of rotatable bonds is 5. The molecule has 1 aromatic rings. The summed E-state index contributed by atoms with van der Waals surface area (Å²) in [6.45, 7) is 3.65. The Balaban J connectivity index is 1.84. The second kappa shape index (κ2) is 7.46. The minimum absolute atomic E-state index is 0.311. The van der Waals surface area contributed by atoms with E-state index in [9.17, 15) is 4.79 Å². The summed E-state index contributed by atoms with van der Waals surface area (Å²) in [5, 5.41) is 2.59. The van der Waals surface area contributed by atoms with Crippen molar-refractivity contribution in [3.05, 3.63) is 22.4 Å². The molecule has 2 heterocycles. The Morgan fingerprint density at radius 2 is 2.39 bits per heavy atom. The predicted octanol–water partition coefficient (Wildman–Crippen LogP) is 3.34. The third kappa shape index (κ3) is 4.21. The maximum atomic E-state index is 12.3. The molecule has 0 bridgehead atoms. The zero-order valence-electron chi connectivity index (χ0n) is 10.6. The van der Waals surface area contributed by atoms with E-state index in [1.807, 2.05) is 34.5 Å². The highest BCUT2D eigenvalue weighted by molar-refractivity contribution is 8.06. The first-order valence-corrected chi connectivity index (χ1v) is 9.37. The number of hydrogen-bond donors (Lipinski definition) is 0. The van der Waals surface area contributed by atoms with Crippen LogP contribution in [0.5, 0.6) is 0 Å². The molecular weight excluding hydrogens is 282 g/mol. The van der Waals surface area contributed by atoms with Gasteiger partial charge in [-0.2, -0.15) is 23.5 Å². The molecule has 1 saturated heterocycles. The van der Waals surface area contributed by atoms with E-state index in [-0.39, 0.29) is 0 Å². The zero-order chi connectivity index (χ0) is 12.8. The monoisotopic (exact) mass is 301 g/mol. The van der Waals surface area contributed by atoms with Crippen molar-refractivity contribution in [3.8, 4) is 0 Å². The third-order valence-electron chi connectivity index (χ3n) is 2.95. The Bertz CT molecular complexity index is 360. The van der Waals surface area contributed by atoms with Gasteiger partial charge < -0.3 is 4.90 Å². The molecule has 0 saturated carbocycles. The first kappa shape index (κ1) is 14.3. The fraction of sp³-hybridized carbons (Fsp3) is 0.615. The zero-order valence-corrected chi connectivity index (χ0v) is 13.1. The molecule has 1 aliphatic heterocycles. The van der Waals surface area contributed by atoms with Crippen LogP contribution >= 0.6 is 34.9 Å². The molecule has 1 atom stereocenters. The fourth-order valence-corrected chi connectivity index (χ4v) is 5.34. The summed E-state index contributed by atoms with van der Waals surface area (Å²) >= 11 is 5.67. The summed E-state index contributed by atoms with van der Waals surface area (Å²) in [7, 11) is 0. The van der Waals surface area contributed by atoms with Crippen LogP contribution in [0.3, 0.4) is 0 Å². The molecule has 5 heteroatoms. The average Bonchev–Trinajstić information content (AvgIpc) is 2.90. The molecule has 18 heavy (non-hydrogen) atoms. The first-order chi connectivity index (χ1) is 8.79. The molecule has 0 spiro atoms. The van der Waals surface area contributed by atoms with Crippen LogP contribution in [0.15, 0.2) is 17.5 Å². The summed E-state index contributed by atoms with van der Waals surface area (Å²) in [6.07, 6.45) is 0.705. The van der Waals surface area contributed by atoms with Gasteiger partial charge in [0.1, 0.15) is 0 Å². The van der Waals surface area contributed by atoms with Crippen LogP contribution in [-0.4, -0.2) is 39.9 Å². The van der Waals surface area contributed by atoms with Gasteiger partial charge >= 0.3 is 0 Å². The molecule has 2 rings (SSSR count). The summed E-state index contributed by atoms with van der Waals surface area (Å²) in [6, 6.07) is 4.15. The lowest BCUT2D eigenvalue weighted by Crippen LogP contribution is -2.33. The first-order valence-electron chi connectivity index (χ1n) is 6.29. The highest BCUT2D eigenvalue weighted by atomic mass is 32.2. The van der Waals surface area contributed by atoms with Crippen molar-refractivity contribution >= 4 is 40.8 Å². The highest BCUT2D eigenvalue weighted by Crippen LogP contribution is 2.27. The van der Waals surface area contributed by atoms with Crippen LogP contribution < -0.4 is 0 Å². The quantitative estimate of drug-likeness (QED) is 0.832. The molecule has 2 nitrogen and oxygen atoms in total. The summed E-state index contributed by atoms with van der Waals surface area (Å²) < 4.78 is 0. The third-order valence-corrected chi connectivity index (χ3v) is 6.65. The van der Waals surface area contributed by atoms with E-state index >= 15 is 0 Å². The SMILES string of the molecule is CCN(Cc1cccs1)C(=O)C[C@H]1CSCCS1. The van der Waals surface area contributed by atoms with Crippen molar-refractivity contribution in [3.63, 3.8) is 0 Å². The minimum atomic E-state index is 0.311. The molecule has 0 radical (unpaired) electrons. The van der Waals surface area contributed by atoms with Crippen LogP contribution in [0.25, 0.3) is 0 Å². The van der Waals surface area contributed by atoms with E-state index in [1.54, 1.807) is 11.3 Å². The van der Waals surface area contributed by atoms with E-state index < -0.39 is 0 Å². The van der Waals surface area contributed by atoms with E-state index in [1.165, 1.54) is 16.4 Å². The molecular formula is C13H19NOS3. The van der Waals surface area contributed by atoms with Crippen LogP contribution in [0.2, 0.25) is 0 Å². The van der Waals surface area contributed by atoms with Gasteiger partial charge in [0.15, 0.2) is 0 Å². The summed E-state index contributed by atoms with van der Waals surface area (Å²) in [4.78, 5) is 15.5. The van der Waals surface area contributed by atoms with E-state index in [0.29, 0.717) is 17.6 Å². The molecule has 0 aliphatic carbocycles. The molecule has 1 aliphatic rings. The smallest absolute Gasteiger partial charge is 0.224 e. The minimum Gasteiger partial charge on any atom is -0.338 e. The van der Waals surface area contributed by atoms with Gasteiger partial charge in [-0.05, 0) is 18.4 Å². The largest absolute Gasteiger partial charge is 0.338 e. The molecule has 0 N–H and O–H groups in total. The molecule has 1 aromatic heterocycles. The molecule has 0 unspecified atom stereocenters. The second-order valence-electron chi connectivity index (χ2n) is 4.26. The van der Waals surface area contributed by atoms with Crippen molar-refractivity contribution in [2.75, 3.05) is 23.8 Å². The van der Waals surface area contributed by atoms with E-state index in [0.717, 1.165) is 18.8 Å². The number of nitrogens with zero attached hydrogens (tertiary/aromatic N) is 1. The Hall–Kier alpha value is -0.130. The maximum Gasteiger partial charge on any atom is 0.224 e. The van der Waals surface area contributed by atoms with Gasteiger partial charge in [-0.15, -0.1) is 11.3 Å². The molecule has 1 amide bonds. The van der Waals surface area contributed by atoms with Gasteiger partial charge in [-0.25, -0.2) is 0 Å². The highest BCUT2D eigenvalue weighted by Gasteiger charge is 2.21. The standard InChI is InChI=1S/C13H19NOS3/c1-2-14(9-11-4-3-5-17-11)13(15)8-12-10-16-6-7-18-12/h3-5,12H,2,6-10H2,1H3/t12-/m0/s1. The molecule has 1 fully saturated rings. The van der Waals surface area contributed by atoms with Crippen LogP contribution in [0.1, 0.15) is 18.2 Å². The van der Waals surface area contributed by atoms with Crippen molar-refractivity contribution in [2.24, 2.45) is 0 Å². The fourth-order valence-electron chi connectivity index (χ4n) is 1.95. The van der Waals surface area contributed by atoms with E-state index in [2.05, 4.69) is 18.4 Å². The Labute approximate surface area is 122 Å². The molecule has 100 valence electrons. The van der Waals surface area contributed by atoms with Crippen molar-refractivity contribution < 1.29 is 4.79 Å². The predicted molar refractivity (Wildman–Crippen MR) is 83.6 cm³/mol. The van der Waals surface area contributed by atoms with Gasteiger partial charge in [0.2, 0.25) is 5.91 Å². The molecule has 0 aromatic carbocycles. The van der Waals surface area contributed by atoms with Gasteiger partial charge in [0.05, 0.1) is 6.54 Å². The summed E-state index contributed by atoms with van der Waals surface area (Å²) in [5.41, 5.74) is 0. The topological polar surface area (TPSA) is 20.3 Å². The number of carbonyl (C=O) groups is 1. The number of amides is 1. The number of hydrogen-bond acceptors (Lipinski definition) is 4. The number of carbonyl (C=O) groups excluding carboxylic acids is 1. The lowest BCUT2D eigenvalue weighted by molar-refractivity contribution is -0.131. The number of thiophene rings is 1. The van der Waals surface area contributed by atoms with Crippen LogP contribution in [0, 0.1) is 0 Å². The van der Waals surface area contributed by atoms with Crippen molar-refractivity contribution in [1.29, 1.82) is 0 Å². The second-order valence-corrected chi connectivity index (χ2v) is 7.85. The van der Waals surface area contributed by atoms with E-state index in [4.69, 9.17) is 0 Å². The lowest BCUT2D eigenvalue weighted by Gasteiger charge is -2.25. The van der Waals surface area contributed by atoms with Crippen molar-refractivity contribution in [2.45, 2.75) is 25.1 Å². The van der Waals surface area contributed by atoms with Crippen molar-refractivity contribution in [1.82, 2.24) is 4.90 Å². The normalized spacial score (nSPS) is 19.7. The van der Waals surface area contributed by atoms with Gasteiger partial charge in [-0.1, -0.05) is 6.07 Å². The lowest BCUT2D eigenvalue weighted by atomic mass is 10.2. The maximum absolute atomic E-state index is 12.3. The van der Waals surface area contributed by atoms with Gasteiger partial charge in [0.25, 0.3) is 0 Å². The van der Waals surface area contributed by atoms with Crippen LogP contribution in [0.4, 0.5) is 0 Å². The number of thioether (sulfide) groups is 2. The van der Waals surface area contributed by atoms with Gasteiger partial charge in [-0.3, -0.25) is 4.79 Å². The van der Waals surface area contributed by atoms with Gasteiger partial charge in [0, 0.05) is 40.4 Å². The average molecular weight is 302 g/mol. The van der Waals surface area contributed by atoms with Crippen LogP contribution in [-0.2, 0) is 11.3 Å². The summed E-state index contributed by atoms with van der Waals surface area (Å²) in [5.74, 6) is 3.88. The Morgan fingerprint density at radius 3 is 3.00 bits per heavy atom.